The molecule has 1 aromatic carbocycles. The first-order valence-corrected chi connectivity index (χ1v) is 7.47. The van der Waals surface area contributed by atoms with Gasteiger partial charge in [0, 0.05) is 12.6 Å². The molecular weight excluding hydrogens is 291 g/mol. The Kier molecular flexibility index (Phi) is 5.73. The third-order valence-corrected chi connectivity index (χ3v) is 4.89. The van der Waals surface area contributed by atoms with Crippen molar-refractivity contribution in [1.29, 1.82) is 0 Å². The predicted octanol–water partition coefficient (Wildman–Crippen LogP) is 1.75. The summed E-state index contributed by atoms with van der Waals surface area (Å²) in [5, 5.41) is 0. The van der Waals surface area contributed by atoms with Crippen molar-refractivity contribution in [3.8, 4) is 0 Å². The molecule has 0 amide bonds. The fraction of sp³-hybridized carbons (Fsp3) is 0.500. The summed E-state index contributed by atoms with van der Waals surface area (Å²) in [6.45, 7) is 0.849. The first-order chi connectivity index (χ1) is 8.55. The van der Waals surface area contributed by atoms with Gasteiger partial charge in [0.1, 0.15) is 5.82 Å². The number of hydrogen-bond donors (Lipinski definition) is 1. The highest BCUT2D eigenvalue weighted by molar-refractivity contribution is 7.89. The van der Waals surface area contributed by atoms with Crippen LogP contribution in [0, 0.1) is 5.82 Å². The lowest BCUT2D eigenvalue weighted by atomic mass is 10.4. The fourth-order valence-corrected chi connectivity index (χ4v) is 3.63. The lowest BCUT2D eigenvalue weighted by molar-refractivity contribution is 0.399. The Hall–Kier alpha value is -0.690. The molecule has 0 spiro atoms. The molecule has 1 aromatic rings. The van der Waals surface area contributed by atoms with E-state index < -0.39 is 15.8 Å². The Morgan fingerprint density at radius 2 is 2.05 bits per heavy atom. The lowest BCUT2D eigenvalue weighted by Gasteiger charge is -2.21. The quantitative estimate of drug-likeness (QED) is 0.871. The van der Waals surface area contributed by atoms with Crippen LogP contribution >= 0.6 is 12.4 Å². The largest absolute Gasteiger partial charge is 0.330 e. The van der Waals surface area contributed by atoms with Gasteiger partial charge in [-0.1, -0.05) is 6.07 Å². The SMILES string of the molecule is Cl.NCCCN(C1CC1)S(=O)(=O)c1cccc(F)c1. The second kappa shape index (κ2) is 6.65. The molecular formula is C12H18ClFN2O2S. The van der Waals surface area contributed by atoms with Gasteiger partial charge in [0.15, 0.2) is 0 Å². The number of rotatable bonds is 6. The molecule has 19 heavy (non-hydrogen) atoms. The summed E-state index contributed by atoms with van der Waals surface area (Å²) in [7, 11) is -3.59. The summed E-state index contributed by atoms with van der Waals surface area (Å²) < 4.78 is 39.4. The van der Waals surface area contributed by atoms with Crippen molar-refractivity contribution >= 4 is 22.4 Å². The van der Waals surface area contributed by atoms with Gasteiger partial charge >= 0.3 is 0 Å². The van der Waals surface area contributed by atoms with E-state index in [1.165, 1.54) is 22.5 Å². The van der Waals surface area contributed by atoms with Crippen LogP contribution < -0.4 is 5.73 Å². The van der Waals surface area contributed by atoms with Gasteiger partial charge in [-0.25, -0.2) is 12.8 Å². The van der Waals surface area contributed by atoms with Crippen LogP contribution in [-0.2, 0) is 10.0 Å². The van der Waals surface area contributed by atoms with Crippen LogP contribution in [0.4, 0.5) is 4.39 Å². The van der Waals surface area contributed by atoms with Gasteiger partial charge in [-0.05, 0) is 44.0 Å². The molecule has 0 radical (unpaired) electrons. The fourth-order valence-electron chi connectivity index (χ4n) is 1.87. The molecule has 7 heteroatoms. The second-order valence-electron chi connectivity index (χ2n) is 4.45. The number of benzene rings is 1. The summed E-state index contributed by atoms with van der Waals surface area (Å²) in [5.41, 5.74) is 5.42. The van der Waals surface area contributed by atoms with E-state index in [0.717, 1.165) is 18.9 Å². The van der Waals surface area contributed by atoms with Gasteiger partial charge in [-0.15, -0.1) is 12.4 Å². The Morgan fingerprint density at radius 3 is 2.58 bits per heavy atom. The summed E-state index contributed by atoms with van der Waals surface area (Å²) in [4.78, 5) is 0.0198. The second-order valence-corrected chi connectivity index (χ2v) is 6.34. The minimum Gasteiger partial charge on any atom is -0.330 e. The topological polar surface area (TPSA) is 63.4 Å². The molecule has 0 unspecified atom stereocenters. The molecule has 2 rings (SSSR count). The van der Waals surface area contributed by atoms with Gasteiger partial charge in [0.25, 0.3) is 0 Å². The van der Waals surface area contributed by atoms with Crippen LogP contribution in [0.1, 0.15) is 19.3 Å². The highest BCUT2D eigenvalue weighted by Crippen LogP contribution is 2.32. The number of hydrogen-bond acceptors (Lipinski definition) is 3. The van der Waals surface area contributed by atoms with Crippen molar-refractivity contribution in [2.24, 2.45) is 5.73 Å². The molecule has 1 saturated carbocycles. The minimum absolute atomic E-state index is 0. The van der Waals surface area contributed by atoms with E-state index in [1.807, 2.05) is 0 Å². The minimum atomic E-state index is -3.59. The van der Waals surface area contributed by atoms with Crippen molar-refractivity contribution in [1.82, 2.24) is 4.31 Å². The van der Waals surface area contributed by atoms with Crippen molar-refractivity contribution in [2.45, 2.75) is 30.2 Å². The highest BCUT2D eigenvalue weighted by Gasteiger charge is 2.37. The molecule has 0 heterocycles. The zero-order valence-corrected chi connectivity index (χ0v) is 12.1. The van der Waals surface area contributed by atoms with E-state index in [9.17, 15) is 12.8 Å². The maximum absolute atomic E-state index is 13.1. The molecule has 4 nitrogen and oxygen atoms in total. The van der Waals surface area contributed by atoms with Crippen LogP contribution in [-0.4, -0.2) is 31.9 Å². The summed E-state index contributed by atoms with van der Waals surface area (Å²) in [5.74, 6) is -0.536. The Balaban J connectivity index is 0.00000180. The van der Waals surface area contributed by atoms with E-state index in [0.29, 0.717) is 19.5 Å². The molecule has 0 bridgehead atoms. The van der Waals surface area contributed by atoms with Crippen LogP contribution in [0.2, 0.25) is 0 Å². The maximum atomic E-state index is 13.1. The van der Waals surface area contributed by atoms with E-state index in [1.54, 1.807) is 0 Å². The molecule has 0 atom stereocenters. The molecule has 1 aliphatic rings. The zero-order valence-electron chi connectivity index (χ0n) is 10.5. The van der Waals surface area contributed by atoms with Gasteiger partial charge in [-0.3, -0.25) is 0 Å². The first kappa shape index (κ1) is 16.4. The van der Waals surface area contributed by atoms with E-state index in [2.05, 4.69) is 0 Å². The van der Waals surface area contributed by atoms with Gasteiger partial charge < -0.3 is 5.73 Å². The van der Waals surface area contributed by atoms with Crippen LogP contribution in [0.3, 0.4) is 0 Å². The Morgan fingerprint density at radius 1 is 1.37 bits per heavy atom. The first-order valence-electron chi connectivity index (χ1n) is 6.03. The number of nitrogens with zero attached hydrogens (tertiary/aromatic N) is 1. The van der Waals surface area contributed by atoms with Crippen LogP contribution in [0.5, 0.6) is 0 Å². The lowest BCUT2D eigenvalue weighted by Crippen LogP contribution is -2.35. The van der Waals surface area contributed by atoms with Crippen molar-refractivity contribution in [3.63, 3.8) is 0 Å². The third kappa shape index (κ3) is 3.89. The van der Waals surface area contributed by atoms with Crippen molar-refractivity contribution < 1.29 is 12.8 Å². The van der Waals surface area contributed by atoms with Crippen molar-refractivity contribution in [2.75, 3.05) is 13.1 Å². The monoisotopic (exact) mass is 308 g/mol. The van der Waals surface area contributed by atoms with Crippen LogP contribution in [0.25, 0.3) is 0 Å². The molecule has 0 aromatic heterocycles. The normalized spacial score (nSPS) is 15.3. The zero-order chi connectivity index (χ0) is 13.2. The number of halogens is 2. The van der Waals surface area contributed by atoms with Gasteiger partial charge in [0.2, 0.25) is 10.0 Å². The Bertz CT molecular complexity index is 520. The highest BCUT2D eigenvalue weighted by atomic mass is 35.5. The maximum Gasteiger partial charge on any atom is 0.243 e. The average Bonchev–Trinajstić information content (AvgIpc) is 3.14. The molecule has 1 fully saturated rings. The molecule has 0 saturated heterocycles. The smallest absolute Gasteiger partial charge is 0.243 e. The summed E-state index contributed by atoms with van der Waals surface area (Å²) in [6.07, 6.45) is 2.36. The van der Waals surface area contributed by atoms with Crippen LogP contribution in [0.15, 0.2) is 29.2 Å². The molecule has 1 aliphatic carbocycles. The van der Waals surface area contributed by atoms with Gasteiger partial charge in [-0.2, -0.15) is 4.31 Å². The number of sulfonamides is 1. The van der Waals surface area contributed by atoms with E-state index >= 15 is 0 Å². The van der Waals surface area contributed by atoms with Crippen molar-refractivity contribution in [3.05, 3.63) is 30.1 Å². The van der Waals surface area contributed by atoms with E-state index in [4.69, 9.17) is 5.73 Å². The van der Waals surface area contributed by atoms with Gasteiger partial charge in [0.05, 0.1) is 4.90 Å². The Labute approximate surface area is 119 Å². The summed E-state index contributed by atoms with van der Waals surface area (Å²) in [6, 6.07) is 5.20. The predicted molar refractivity (Wildman–Crippen MR) is 74.2 cm³/mol. The molecule has 0 aliphatic heterocycles. The van der Waals surface area contributed by atoms with E-state index in [-0.39, 0.29) is 23.3 Å². The molecule has 2 N–H and O–H groups in total. The average molecular weight is 309 g/mol. The standard InChI is InChI=1S/C12H17FN2O2S.ClH/c13-10-3-1-4-12(9-10)18(16,17)15(8-2-7-14)11-5-6-11;/h1,3-4,9,11H,2,5-8,14H2;1H. The third-order valence-electron chi connectivity index (χ3n) is 2.94. The number of nitrogens with two attached hydrogens (primary N) is 1. The molecule has 108 valence electrons. The summed E-state index contributed by atoms with van der Waals surface area (Å²) >= 11 is 0.